The number of hydrogen-bond acceptors (Lipinski definition) is 7. The summed E-state index contributed by atoms with van der Waals surface area (Å²) in [5, 5.41) is 8.66. The van der Waals surface area contributed by atoms with E-state index >= 15 is 0 Å². The van der Waals surface area contributed by atoms with Gasteiger partial charge in [0.1, 0.15) is 0 Å². The Morgan fingerprint density at radius 2 is 1.73 bits per heavy atom. The number of aromatic nitrogens is 3. The number of amides is 1. The number of sulfonamides is 1. The third-order valence-electron chi connectivity index (χ3n) is 5.80. The van der Waals surface area contributed by atoms with Crippen molar-refractivity contribution >= 4 is 21.7 Å². The van der Waals surface area contributed by atoms with E-state index in [1.807, 2.05) is 29.2 Å². The number of hydrogen-bond donors (Lipinski definition) is 0. The Labute approximate surface area is 176 Å². The summed E-state index contributed by atoms with van der Waals surface area (Å²) < 4.78 is 24.8. The molecule has 0 radical (unpaired) electrons. The molecule has 2 aromatic rings. The first kappa shape index (κ1) is 20.7. The number of carbonyl (C=O) groups excluding carboxylic acids is 1. The monoisotopic (exact) mass is 430 g/mol. The highest BCUT2D eigenvalue weighted by atomic mass is 32.2. The molecule has 0 unspecified atom stereocenters. The first-order valence-electron chi connectivity index (χ1n) is 10.1. The Morgan fingerprint density at radius 1 is 1.00 bits per heavy atom. The van der Waals surface area contributed by atoms with Gasteiger partial charge in [-0.3, -0.25) is 9.78 Å². The van der Waals surface area contributed by atoms with Crippen molar-refractivity contribution in [2.24, 2.45) is 5.92 Å². The lowest BCUT2D eigenvalue weighted by molar-refractivity contribution is -0.137. The van der Waals surface area contributed by atoms with Gasteiger partial charge in [-0.05, 0) is 37.1 Å². The molecule has 2 saturated heterocycles. The van der Waals surface area contributed by atoms with Crippen LogP contribution in [0.15, 0.2) is 36.7 Å². The topological polar surface area (TPSA) is 99.6 Å². The molecule has 30 heavy (non-hydrogen) atoms. The van der Waals surface area contributed by atoms with Crippen molar-refractivity contribution in [3.63, 3.8) is 0 Å². The lowest BCUT2D eigenvalue weighted by atomic mass is 9.96. The first-order valence-corrected chi connectivity index (χ1v) is 12.0. The summed E-state index contributed by atoms with van der Waals surface area (Å²) in [4.78, 5) is 21.0. The van der Waals surface area contributed by atoms with E-state index in [9.17, 15) is 13.2 Å². The molecule has 9 nitrogen and oxygen atoms in total. The van der Waals surface area contributed by atoms with Crippen LogP contribution in [-0.2, 0) is 14.8 Å². The van der Waals surface area contributed by atoms with Crippen LogP contribution in [0.5, 0.6) is 0 Å². The minimum Gasteiger partial charge on any atom is -0.352 e. The summed E-state index contributed by atoms with van der Waals surface area (Å²) >= 11 is 0. The molecule has 2 aliphatic heterocycles. The van der Waals surface area contributed by atoms with Crippen molar-refractivity contribution in [2.45, 2.75) is 12.8 Å². The summed E-state index contributed by atoms with van der Waals surface area (Å²) in [7, 11) is -3.17. The van der Waals surface area contributed by atoms with Gasteiger partial charge in [0.2, 0.25) is 15.9 Å². The average Bonchev–Trinajstić information content (AvgIpc) is 2.79. The third-order valence-corrected chi connectivity index (χ3v) is 7.10. The Hall–Kier alpha value is -2.59. The van der Waals surface area contributed by atoms with Crippen LogP contribution in [0.4, 0.5) is 5.82 Å². The molecule has 2 aromatic heterocycles. The Kier molecular flexibility index (Phi) is 5.96. The molecule has 0 saturated carbocycles. The van der Waals surface area contributed by atoms with E-state index in [-0.39, 0.29) is 11.8 Å². The standard InChI is InChI=1S/C20H26N6O3S/c1-30(28,29)26-9-6-16(7-10-26)20(27)25-13-11-24(12-14-25)19-5-4-18(22-23-19)17-3-2-8-21-15-17/h2-5,8,15-16H,6-7,9-14H2,1H3. The van der Waals surface area contributed by atoms with Crippen LogP contribution in [0.2, 0.25) is 0 Å². The smallest absolute Gasteiger partial charge is 0.225 e. The third kappa shape index (κ3) is 4.59. The molecule has 0 aliphatic carbocycles. The fourth-order valence-corrected chi connectivity index (χ4v) is 4.88. The van der Waals surface area contributed by atoms with E-state index in [1.165, 1.54) is 10.6 Å². The molecule has 10 heteroatoms. The van der Waals surface area contributed by atoms with E-state index in [0.717, 1.165) is 17.1 Å². The van der Waals surface area contributed by atoms with Gasteiger partial charge in [0, 0.05) is 63.1 Å². The van der Waals surface area contributed by atoms with Gasteiger partial charge in [-0.2, -0.15) is 0 Å². The fraction of sp³-hybridized carbons (Fsp3) is 0.500. The minimum atomic E-state index is -3.17. The molecule has 4 heterocycles. The second-order valence-corrected chi connectivity index (χ2v) is 9.75. The number of rotatable bonds is 4. The highest BCUT2D eigenvalue weighted by molar-refractivity contribution is 7.88. The molecule has 1 amide bonds. The molecular formula is C20H26N6O3S. The van der Waals surface area contributed by atoms with Gasteiger partial charge in [-0.25, -0.2) is 12.7 Å². The van der Waals surface area contributed by atoms with Gasteiger partial charge >= 0.3 is 0 Å². The van der Waals surface area contributed by atoms with Crippen molar-refractivity contribution in [3.8, 4) is 11.3 Å². The van der Waals surface area contributed by atoms with E-state index in [4.69, 9.17) is 0 Å². The van der Waals surface area contributed by atoms with Crippen LogP contribution in [0.25, 0.3) is 11.3 Å². The molecule has 0 atom stereocenters. The van der Waals surface area contributed by atoms with Crippen molar-refractivity contribution in [1.29, 1.82) is 0 Å². The van der Waals surface area contributed by atoms with Crippen LogP contribution < -0.4 is 4.90 Å². The second kappa shape index (κ2) is 8.65. The largest absolute Gasteiger partial charge is 0.352 e. The predicted molar refractivity (Wildman–Crippen MR) is 113 cm³/mol. The van der Waals surface area contributed by atoms with Crippen molar-refractivity contribution in [1.82, 2.24) is 24.4 Å². The predicted octanol–water partition coefficient (Wildman–Crippen LogP) is 0.859. The SMILES string of the molecule is CS(=O)(=O)N1CCC(C(=O)N2CCN(c3ccc(-c4cccnc4)nn3)CC2)CC1. The van der Waals surface area contributed by atoms with Crippen molar-refractivity contribution in [2.75, 3.05) is 50.4 Å². The van der Waals surface area contributed by atoms with E-state index < -0.39 is 10.0 Å². The summed E-state index contributed by atoms with van der Waals surface area (Å²) in [5.41, 5.74) is 1.70. The van der Waals surface area contributed by atoms with E-state index in [1.54, 1.807) is 12.4 Å². The number of piperidine rings is 1. The lowest BCUT2D eigenvalue weighted by Crippen LogP contribution is -2.52. The zero-order valence-electron chi connectivity index (χ0n) is 17.0. The summed E-state index contributed by atoms with van der Waals surface area (Å²) in [6.45, 7) is 3.53. The molecule has 160 valence electrons. The lowest BCUT2D eigenvalue weighted by Gasteiger charge is -2.38. The highest BCUT2D eigenvalue weighted by Crippen LogP contribution is 2.23. The number of nitrogens with zero attached hydrogens (tertiary/aromatic N) is 6. The van der Waals surface area contributed by atoms with Crippen LogP contribution in [0.3, 0.4) is 0 Å². The maximum absolute atomic E-state index is 12.9. The number of pyridine rings is 1. The molecule has 2 fully saturated rings. The molecular weight excluding hydrogens is 404 g/mol. The molecule has 0 spiro atoms. The summed E-state index contributed by atoms with van der Waals surface area (Å²) in [5.74, 6) is 0.852. The Balaban J connectivity index is 1.30. The van der Waals surface area contributed by atoms with Crippen molar-refractivity contribution in [3.05, 3.63) is 36.7 Å². The van der Waals surface area contributed by atoms with E-state index in [0.29, 0.717) is 52.1 Å². The van der Waals surface area contributed by atoms with Crippen molar-refractivity contribution < 1.29 is 13.2 Å². The van der Waals surface area contributed by atoms with Gasteiger partial charge in [-0.1, -0.05) is 0 Å². The van der Waals surface area contributed by atoms with E-state index in [2.05, 4.69) is 20.1 Å². The average molecular weight is 431 g/mol. The zero-order valence-corrected chi connectivity index (χ0v) is 17.8. The number of piperazine rings is 1. The first-order chi connectivity index (χ1) is 14.4. The highest BCUT2D eigenvalue weighted by Gasteiger charge is 2.32. The summed E-state index contributed by atoms with van der Waals surface area (Å²) in [6.07, 6.45) is 5.89. The zero-order chi connectivity index (χ0) is 21.1. The quantitative estimate of drug-likeness (QED) is 0.709. The Morgan fingerprint density at radius 3 is 2.30 bits per heavy atom. The molecule has 4 rings (SSSR count). The Bertz CT molecular complexity index is 967. The molecule has 0 bridgehead atoms. The van der Waals surface area contributed by atoms with Crippen LogP contribution in [0.1, 0.15) is 12.8 Å². The molecule has 0 N–H and O–H groups in total. The number of carbonyl (C=O) groups is 1. The maximum atomic E-state index is 12.9. The second-order valence-electron chi connectivity index (χ2n) is 7.77. The fourth-order valence-electron chi connectivity index (χ4n) is 4.01. The maximum Gasteiger partial charge on any atom is 0.225 e. The van der Waals surface area contributed by atoms with Gasteiger partial charge in [0.15, 0.2) is 5.82 Å². The minimum absolute atomic E-state index is 0.0897. The van der Waals surface area contributed by atoms with Gasteiger partial charge in [-0.15, -0.1) is 10.2 Å². The number of anilines is 1. The van der Waals surface area contributed by atoms with Gasteiger partial charge in [0.25, 0.3) is 0 Å². The van der Waals surface area contributed by atoms with Crippen LogP contribution in [-0.4, -0.2) is 84.2 Å². The normalized spacial score (nSPS) is 19.1. The summed E-state index contributed by atoms with van der Waals surface area (Å²) in [6, 6.07) is 7.70. The molecule has 2 aliphatic rings. The van der Waals surface area contributed by atoms with Gasteiger partial charge in [0.05, 0.1) is 11.9 Å². The van der Waals surface area contributed by atoms with Gasteiger partial charge < -0.3 is 9.80 Å². The van der Waals surface area contributed by atoms with Crippen LogP contribution in [0, 0.1) is 5.92 Å². The molecule has 0 aromatic carbocycles. The van der Waals surface area contributed by atoms with Crippen LogP contribution >= 0.6 is 0 Å².